The molecule has 45 heavy (non-hydrogen) atoms. The summed E-state index contributed by atoms with van der Waals surface area (Å²) in [4.78, 5) is 8.69. The molecule has 4 nitrogen and oxygen atoms in total. The third-order valence-electron chi connectivity index (χ3n) is 7.83. The van der Waals surface area contributed by atoms with Gasteiger partial charge in [0.2, 0.25) is 0 Å². The Morgan fingerprint density at radius 1 is 0.356 bits per heavy atom. The van der Waals surface area contributed by atoms with Gasteiger partial charge in [-0.1, -0.05) is 0 Å². The topological polar surface area (TPSA) is 13.0 Å². The molecule has 4 aromatic rings. The van der Waals surface area contributed by atoms with Crippen LogP contribution in [0.4, 0.5) is 0 Å². The first-order valence-electron chi connectivity index (χ1n) is 15.4. The van der Waals surface area contributed by atoms with Gasteiger partial charge in [0, 0.05) is 24.2 Å². The second-order valence-corrected chi connectivity index (χ2v) is 11.8. The molecular weight excluding hydrogens is 628 g/mol. The van der Waals surface area contributed by atoms with E-state index in [1.807, 2.05) is 72.8 Å². The van der Waals surface area contributed by atoms with Crippen molar-refractivity contribution in [1.82, 2.24) is 19.6 Å². The van der Waals surface area contributed by atoms with Gasteiger partial charge in [0.05, 0.1) is 0 Å². The van der Waals surface area contributed by atoms with Crippen LogP contribution in [-0.2, 0) is 26.2 Å². The molecule has 0 saturated carbocycles. The Balaban J connectivity index is 0.000000569. The Morgan fingerprint density at radius 2 is 0.533 bits per heavy atom. The SMILES string of the molecule is CC(c1[c-]cccc1)N(C)C.CC(c1[c-]cccc1)N(C)C.CC(c1[c-]cccc1)N(C)C.CC(c1[c-]cccc1)N(C)C.[Zr+4]. The minimum Gasteiger partial charge on any atom is -0.305 e. The molecule has 0 N–H and O–H groups in total. The molecule has 0 aliphatic rings. The van der Waals surface area contributed by atoms with Crippen molar-refractivity contribution in [3.63, 3.8) is 0 Å². The van der Waals surface area contributed by atoms with Crippen LogP contribution in [0.1, 0.15) is 74.1 Å². The summed E-state index contributed by atoms with van der Waals surface area (Å²) in [5.41, 5.74) is 4.99. The largest absolute Gasteiger partial charge is 4.00 e. The Bertz CT molecular complexity index is 1020. The summed E-state index contributed by atoms with van der Waals surface area (Å²) in [6, 6.07) is 47.0. The zero-order valence-corrected chi connectivity index (χ0v) is 32.3. The molecule has 4 rings (SSSR count). The van der Waals surface area contributed by atoms with Crippen LogP contribution < -0.4 is 0 Å². The maximum Gasteiger partial charge on any atom is 4.00 e. The fraction of sp³-hybridized carbons (Fsp3) is 0.400. The number of nitrogens with zero attached hydrogens (tertiary/aromatic N) is 4. The summed E-state index contributed by atoms with van der Waals surface area (Å²) in [5, 5.41) is 0. The predicted molar refractivity (Wildman–Crippen MR) is 190 cm³/mol. The van der Waals surface area contributed by atoms with E-state index in [4.69, 9.17) is 0 Å². The van der Waals surface area contributed by atoms with Crippen molar-refractivity contribution in [1.29, 1.82) is 0 Å². The summed E-state index contributed by atoms with van der Waals surface area (Å²) in [6.45, 7) is 8.69. The number of rotatable bonds is 8. The molecular formula is C40H56N4Zr. The van der Waals surface area contributed by atoms with Gasteiger partial charge in [-0.2, -0.15) is 121 Å². The normalized spacial score (nSPS) is 13.2. The average Bonchev–Trinajstić information content (AvgIpc) is 3.05. The van der Waals surface area contributed by atoms with Gasteiger partial charge in [-0.15, -0.1) is 22.3 Å². The van der Waals surface area contributed by atoms with E-state index in [0.717, 1.165) is 0 Å². The van der Waals surface area contributed by atoms with Crippen LogP contribution in [0.2, 0.25) is 0 Å². The maximum atomic E-state index is 3.21. The Labute approximate surface area is 296 Å². The first kappa shape index (κ1) is 42.6. The third-order valence-corrected chi connectivity index (χ3v) is 7.83. The molecule has 0 aliphatic heterocycles. The molecule has 0 amide bonds. The summed E-state index contributed by atoms with van der Waals surface area (Å²) < 4.78 is 0. The van der Waals surface area contributed by atoms with E-state index in [9.17, 15) is 0 Å². The van der Waals surface area contributed by atoms with Gasteiger partial charge in [-0.05, 0) is 84.1 Å². The molecule has 0 radical (unpaired) electrons. The van der Waals surface area contributed by atoms with Crippen LogP contribution >= 0.6 is 0 Å². The molecule has 0 aromatic heterocycles. The van der Waals surface area contributed by atoms with Crippen molar-refractivity contribution in [2.45, 2.75) is 51.9 Å². The molecule has 240 valence electrons. The van der Waals surface area contributed by atoms with Crippen molar-refractivity contribution >= 4 is 0 Å². The van der Waals surface area contributed by atoms with Crippen molar-refractivity contribution in [3.05, 3.63) is 144 Å². The van der Waals surface area contributed by atoms with Gasteiger partial charge < -0.3 is 19.6 Å². The maximum absolute atomic E-state index is 3.21. The summed E-state index contributed by atoms with van der Waals surface area (Å²) in [5.74, 6) is 0. The Kier molecular flexibility index (Phi) is 22.6. The number of hydrogen-bond donors (Lipinski definition) is 0. The van der Waals surface area contributed by atoms with E-state index < -0.39 is 0 Å². The standard InChI is InChI=1S/4C10H14N.Zr/c4*1-9(11(2)3)10-7-5-4-6-8-10;/h4*4-7,9H,1-3H3;/q4*-1;+4. The van der Waals surface area contributed by atoms with Gasteiger partial charge in [0.25, 0.3) is 0 Å². The van der Waals surface area contributed by atoms with Gasteiger partial charge in [-0.25, -0.2) is 0 Å². The molecule has 4 atom stereocenters. The van der Waals surface area contributed by atoms with E-state index in [1.54, 1.807) is 0 Å². The van der Waals surface area contributed by atoms with Crippen LogP contribution in [0.25, 0.3) is 0 Å². The van der Waals surface area contributed by atoms with Gasteiger partial charge >= 0.3 is 26.2 Å². The van der Waals surface area contributed by atoms with Gasteiger partial charge in [0.15, 0.2) is 0 Å². The van der Waals surface area contributed by atoms with E-state index in [1.165, 1.54) is 22.3 Å². The van der Waals surface area contributed by atoms with Crippen molar-refractivity contribution in [2.75, 3.05) is 56.4 Å². The van der Waals surface area contributed by atoms with E-state index in [2.05, 4.69) is 152 Å². The van der Waals surface area contributed by atoms with Gasteiger partial charge in [-0.3, -0.25) is 0 Å². The first-order valence-corrected chi connectivity index (χ1v) is 15.4. The van der Waals surface area contributed by atoms with Crippen LogP contribution in [0.5, 0.6) is 0 Å². The minimum absolute atomic E-state index is 0. The van der Waals surface area contributed by atoms with Crippen LogP contribution in [0.15, 0.2) is 97.1 Å². The van der Waals surface area contributed by atoms with Gasteiger partial charge in [0.1, 0.15) is 0 Å². The van der Waals surface area contributed by atoms with E-state index >= 15 is 0 Å². The first-order chi connectivity index (χ1) is 20.9. The molecule has 0 aliphatic carbocycles. The van der Waals surface area contributed by atoms with E-state index in [-0.39, 0.29) is 26.2 Å². The Morgan fingerprint density at radius 3 is 0.644 bits per heavy atom. The van der Waals surface area contributed by atoms with Crippen LogP contribution in [0, 0.1) is 24.3 Å². The molecule has 0 spiro atoms. The average molecular weight is 684 g/mol. The van der Waals surface area contributed by atoms with Crippen molar-refractivity contribution in [2.24, 2.45) is 0 Å². The third kappa shape index (κ3) is 17.2. The Hall–Kier alpha value is -2.40. The summed E-state index contributed by atoms with van der Waals surface area (Å²) in [7, 11) is 16.6. The van der Waals surface area contributed by atoms with E-state index in [0.29, 0.717) is 24.2 Å². The quantitative estimate of drug-likeness (QED) is 0.173. The van der Waals surface area contributed by atoms with Crippen LogP contribution in [-0.4, -0.2) is 76.0 Å². The second-order valence-electron chi connectivity index (χ2n) is 11.8. The second kappa shape index (κ2) is 23.9. The fourth-order valence-electron chi connectivity index (χ4n) is 3.78. The number of hydrogen-bond acceptors (Lipinski definition) is 4. The predicted octanol–water partition coefficient (Wildman–Crippen LogP) is 8.44. The zero-order valence-electron chi connectivity index (χ0n) is 29.8. The van der Waals surface area contributed by atoms with Crippen molar-refractivity contribution < 1.29 is 26.2 Å². The monoisotopic (exact) mass is 682 g/mol. The summed E-state index contributed by atoms with van der Waals surface area (Å²) >= 11 is 0. The van der Waals surface area contributed by atoms with Crippen LogP contribution in [0.3, 0.4) is 0 Å². The zero-order chi connectivity index (χ0) is 33.1. The number of benzene rings is 4. The molecule has 0 bridgehead atoms. The molecule has 4 unspecified atom stereocenters. The summed E-state index contributed by atoms with van der Waals surface area (Å²) in [6.07, 6.45) is 0. The minimum atomic E-state index is 0. The fourth-order valence-corrected chi connectivity index (χ4v) is 3.78. The smallest absolute Gasteiger partial charge is 0.305 e. The molecule has 0 fully saturated rings. The molecule has 0 saturated heterocycles. The molecule has 5 heteroatoms. The molecule has 0 heterocycles. The molecule has 4 aromatic carbocycles. The van der Waals surface area contributed by atoms with Crippen molar-refractivity contribution in [3.8, 4) is 0 Å².